The van der Waals surface area contributed by atoms with Crippen molar-refractivity contribution in [1.82, 2.24) is 0 Å². The van der Waals surface area contributed by atoms with Crippen LogP contribution in [0.5, 0.6) is 0 Å². The quantitative estimate of drug-likeness (QED) is 0.593. The van der Waals surface area contributed by atoms with Gasteiger partial charge in [-0.3, -0.25) is 0 Å². The van der Waals surface area contributed by atoms with Gasteiger partial charge in [0.1, 0.15) is 0 Å². The Hall–Kier alpha value is 1.64. The third kappa shape index (κ3) is 16.0. The fourth-order valence-corrected chi connectivity index (χ4v) is 2.09. The fraction of sp³-hybridized carbons (Fsp3) is 0.333. The average molecular weight is 409 g/mol. The monoisotopic (exact) mass is 406 g/mol. The van der Waals surface area contributed by atoms with Gasteiger partial charge in [0.25, 0.3) is 0 Å². The summed E-state index contributed by atoms with van der Waals surface area (Å²) in [6.45, 7) is 7.54. The second kappa shape index (κ2) is 14.2. The summed E-state index contributed by atoms with van der Waals surface area (Å²) in [4.78, 5) is 0. The molecule has 2 saturated carbocycles. The molecule has 5 heteroatoms. The Morgan fingerprint density at radius 3 is 1.65 bits per heavy atom. The van der Waals surface area contributed by atoms with E-state index in [0.29, 0.717) is 0 Å². The molecule has 0 atom stereocenters. The third-order valence-electron chi connectivity index (χ3n) is 2.21. The van der Waals surface area contributed by atoms with E-state index in [1.54, 1.807) is 0 Å². The molecule has 108 valence electrons. The van der Waals surface area contributed by atoms with Crippen molar-refractivity contribution in [2.75, 3.05) is 6.61 Å². The van der Waals surface area contributed by atoms with Crippen LogP contribution < -0.4 is 0 Å². The molecule has 0 heterocycles. The molecule has 0 N–H and O–H groups in total. The van der Waals surface area contributed by atoms with Gasteiger partial charge in [0, 0.05) is 6.61 Å². The first kappa shape index (κ1) is 21.6. The van der Waals surface area contributed by atoms with E-state index in [-0.39, 0.29) is 0 Å². The van der Waals surface area contributed by atoms with E-state index in [0.717, 1.165) is 13.0 Å². The number of hydrogen-bond acceptors (Lipinski definition) is 1. The number of hydrogen-bond donors (Lipinski definition) is 0. The van der Waals surface area contributed by atoms with E-state index in [9.17, 15) is 0 Å². The van der Waals surface area contributed by atoms with Gasteiger partial charge >= 0.3 is 37.9 Å². The van der Waals surface area contributed by atoms with E-state index in [4.69, 9.17) is 21.5 Å². The van der Waals surface area contributed by atoms with Crippen LogP contribution in [0.2, 0.25) is 19.6 Å². The van der Waals surface area contributed by atoms with E-state index >= 15 is 0 Å². The van der Waals surface area contributed by atoms with Crippen LogP contribution in [-0.2, 0) is 25.3 Å². The first-order chi connectivity index (χ1) is 9.49. The molecule has 0 unspecified atom stereocenters. The van der Waals surface area contributed by atoms with Crippen molar-refractivity contribution in [3.63, 3.8) is 0 Å². The van der Waals surface area contributed by atoms with Crippen molar-refractivity contribution in [3.8, 4) is 0 Å². The molecule has 0 amide bonds. The molecule has 0 bridgehead atoms. The van der Waals surface area contributed by atoms with Gasteiger partial charge in [-0.25, -0.2) is 0 Å². The van der Waals surface area contributed by atoms with E-state index in [2.05, 4.69) is 45.3 Å². The second-order valence-electron chi connectivity index (χ2n) is 5.04. The SMILES string of the molecule is C[Si](C)(C)OCC[C]1[CH][CH][CH][CH]1.[CH]1[CH][CH][CH][CH]1.[Cl][Zr+2][Cl]. The van der Waals surface area contributed by atoms with Gasteiger partial charge in [0.05, 0.1) is 0 Å². The molecule has 0 aliphatic heterocycles. The number of rotatable bonds is 4. The van der Waals surface area contributed by atoms with E-state index < -0.39 is 29.2 Å². The molecule has 2 rings (SSSR count). The molecular formula is C15H22Cl2OSiZr+2. The molecule has 0 spiro atoms. The van der Waals surface area contributed by atoms with Crippen LogP contribution in [0.4, 0.5) is 0 Å². The normalized spacial score (nSPS) is 18.6. The fourth-order valence-electron chi connectivity index (χ4n) is 1.38. The molecule has 0 aromatic rings. The minimum absolute atomic E-state index is 0.826. The Morgan fingerprint density at radius 1 is 0.900 bits per heavy atom. The van der Waals surface area contributed by atoms with Crippen LogP contribution >= 0.6 is 17.0 Å². The molecule has 2 aliphatic carbocycles. The maximum absolute atomic E-state index is 5.74. The molecule has 2 aliphatic rings. The molecule has 20 heavy (non-hydrogen) atoms. The van der Waals surface area contributed by atoms with Crippen LogP contribution in [-0.4, -0.2) is 14.9 Å². The van der Waals surface area contributed by atoms with Crippen molar-refractivity contribution in [3.05, 3.63) is 63.7 Å². The molecular weight excluding hydrogens is 386 g/mol. The van der Waals surface area contributed by atoms with E-state index in [1.807, 2.05) is 32.1 Å². The van der Waals surface area contributed by atoms with Gasteiger partial charge in [-0.2, -0.15) is 0 Å². The summed E-state index contributed by atoms with van der Waals surface area (Å²) in [6, 6.07) is 0. The second-order valence-corrected chi connectivity index (χ2v) is 13.3. The van der Waals surface area contributed by atoms with Crippen molar-refractivity contribution in [2.24, 2.45) is 0 Å². The standard InChI is InChI=1S/C10H17OSi.C5H5.2ClH.Zr/c1-12(2,3)11-9-8-10-6-4-5-7-10;1-2-4-5-3-1;;;/h4-7H,8-9H2,1-3H3;1-5H;2*1H;/q;;;;+4/p-2. The zero-order chi connectivity index (χ0) is 15.3. The summed E-state index contributed by atoms with van der Waals surface area (Å²) in [5.41, 5.74) is 0. The van der Waals surface area contributed by atoms with Gasteiger partial charge in [0.15, 0.2) is 8.32 Å². The Bertz CT molecular complexity index is 195. The van der Waals surface area contributed by atoms with Crippen molar-refractivity contribution in [2.45, 2.75) is 26.1 Å². The van der Waals surface area contributed by atoms with Gasteiger partial charge in [-0.1, -0.05) is 0 Å². The van der Waals surface area contributed by atoms with Crippen LogP contribution in [0.1, 0.15) is 6.42 Å². The average Bonchev–Trinajstić information content (AvgIpc) is 3.04. The van der Waals surface area contributed by atoms with Gasteiger partial charge < -0.3 is 4.43 Å². The summed E-state index contributed by atoms with van der Waals surface area (Å²) in [5.74, 6) is 1.38. The Labute approximate surface area is 146 Å². The Morgan fingerprint density at radius 2 is 1.30 bits per heavy atom. The number of halogens is 2. The van der Waals surface area contributed by atoms with Gasteiger partial charge in [-0.15, -0.1) is 0 Å². The molecule has 0 aromatic carbocycles. The topological polar surface area (TPSA) is 9.23 Å². The predicted molar refractivity (Wildman–Crippen MR) is 87.6 cm³/mol. The first-order valence-electron chi connectivity index (χ1n) is 6.47. The maximum atomic E-state index is 5.74. The minimum atomic E-state index is -1.29. The van der Waals surface area contributed by atoms with Crippen LogP contribution in [0, 0.1) is 63.7 Å². The van der Waals surface area contributed by atoms with Gasteiger partial charge in [0.2, 0.25) is 0 Å². The van der Waals surface area contributed by atoms with Gasteiger partial charge in [-0.05, 0) is 89.8 Å². The van der Waals surface area contributed by atoms with E-state index in [1.165, 1.54) is 5.92 Å². The molecule has 0 saturated heterocycles. The van der Waals surface area contributed by atoms with Crippen molar-refractivity contribution in [1.29, 1.82) is 0 Å². The molecule has 1 nitrogen and oxygen atoms in total. The summed E-state index contributed by atoms with van der Waals surface area (Å²) >= 11 is -0.826. The zero-order valence-corrected chi connectivity index (χ0v) is 17.2. The molecule has 0 aromatic heterocycles. The molecule has 10 radical (unpaired) electrons. The summed E-state index contributed by atoms with van der Waals surface area (Å²) in [6.07, 6.45) is 19.5. The zero-order valence-electron chi connectivity index (χ0n) is 12.3. The van der Waals surface area contributed by atoms with Crippen LogP contribution in [0.25, 0.3) is 0 Å². The summed E-state index contributed by atoms with van der Waals surface area (Å²) in [5, 5.41) is 0. The van der Waals surface area contributed by atoms with Crippen LogP contribution in [0.3, 0.4) is 0 Å². The summed E-state index contributed by atoms with van der Waals surface area (Å²) in [7, 11) is 8.58. The molecule has 2 fully saturated rings. The van der Waals surface area contributed by atoms with Crippen LogP contribution in [0.15, 0.2) is 0 Å². The predicted octanol–water partition coefficient (Wildman–Crippen LogP) is 5.03. The third-order valence-corrected chi connectivity index (χ3v) is 3.28. The Kier molecular flexibility index (Phi) is 15.4. The summed E-state index contributed by atoms with van der Waals surface area (Å²) < 4.78 is 5.74. The first-order valence-corrected chi connectivity index (χ1v) is 16.2. The van der Waals surface area contributed by atoms with Crippen molar-refractivity contribution < 1.29 is 25.3 Å². The van der Waals surface area contributed by atoms with Crippen molar-refractivity contribution >= 4 is 25.3 Å². The Balaban J connectivity index is 0.000000371.